The minimum absolute atomic E-state index is 0.0357. The Labute approximate surface area is 119 Å². The molecule has 1 aromatic carbocycles. The molecule has 1 aliphatic heterocycles. The third-order valence-corrected chi connectivity index (χ3v) is 4.47. The summed E-state index contributed by atoms with van der Waals surface area (Å²) in [6.07, 6.45) is 2.11. The van der Waals surface area contributed by atoms with Gasteiger partial charge in [0.05, 0.1) is 11.0 Å². The van der Waals surface area contributed by atoms with E-state index in [2.05, 4.69) is 48.9 Å². The highest BCUT2D eigenvalue weighted by molar-refractivity contribution is 5.76. The largest absolute Gasteiger partial charge is 0.326 e. The molecule has 0 aliphatic carbocycles. The molecule has 0 atom stereocenters. The van der Waals surface area contributed by atoms with E-state index in [4.69, 9.17) is 0 Å². The molecular formula is C16H23N3O. The highest BCUT2D eigenvalue weighted by Crippen LogP contribution is 2.25. The van der Waals surface area contributed by atoms with Gasteiger partial charge in [0.15, 0.2) is 0 Å². The zero-order chi connectivity index (χ0) is 14.3. The summed E-state index contributed by atoms with van der Waals surface area (Å²) in [6.45, 7) is 8.68. The van der Waals surface area contributed by atoms with Crippen LogP contribution in [0.5, 0.6) is 0 Å². The molecule has 1 N–H and O–H groups in total. The van der Waals surface area contributed by atoms with Gasteiger partial charge in [0.1, 0.15) is 0 Å². The fourth-order valence-corrected chi connectivity index (χ4v) is 3.27. The predicted molar refractivity (Wildman–Crippen MR) is 82.3 cm³/mol. The van der Waals surface area contributed by atoms with E-state index >= 15 is 0 Å². The lowest BCUT2D eigenvalue weighted by Crippen LogP contribution is -2.40. The molecule has 0 saturated carbocycles. The number of piperidine rings is 1. The van der Waals surface area contributed by atoms with Crippen LogP contribution >= 0.6 is 0 Å². The van der Waals surface area contributed by atoms with Gasteiger partial charge in [-0.1, -0.05) is 6.07 Å². The van der Waals surface area contributed by atoms with Crippen LogP contribution in [0, 0.1) is 6.92 Å². The molecule has 0 bridgehead atoms. The van der Waals surface area contributed by atoms with Gasteiger partial charge in [-0.2, -0.15) is 0 Å². The summed E-state index contributed by atoms with van der Waals surface area (Å²) in [4.78, 5) is 17.7. The molecule has 1 aromatic heterocycles. The second-order valence-electron chi connectivity index (χ2n) is 6.18. The monoisotopic (exact) mass is 273 g/mol. The highest BCUT2D eigenvalue weighted by atomic mass is 16.1. The van der Waals surface area contributed by atoms with Gasteiger partial charge in [0.2, 0.25) is 0 Å². The highest BCUT2D eigenvalue weighted by Gasteiger charge is 2.24. The summed E-state index contributed by atoms with van der Waals surface area (Å²) in [5.41, 5.74) is 3.22. The van der Waals surface area contributed by atoms with Gasteiger partial charge in [-0.3, -0.25) is 4.57 Å². The Morgan fingerprint density at radius 2 is 1.95 bits per heavy atom. The maximum absolute atomic E-state index is 12.3. The van der Waals surface area contributed by atoms with Crippen LogP contribution in [0.3, 0.4) is 0 Å². The number of rotatable bonds is 2. The quantitative estimate of drug-likeness (QED) is 0.914. The molecule has 0 spiro atoms. The number of nitrogens with zero attached hydrogens (tertiary/aromatic N) is 2. The molecule has 4 nitrogen and oxygen atoms in total. The molecule has 1 fully saturated rings. The van der Waals surface area contributed by atoms with E-state index in [-0.39, 0.29) is 5.69 Å². The number of aromatic amines is 1. The topological polar surface area (TPSA) is 41.0 Å². The Kier molecular flexibility index (Phi) is 3.42. The van der Waals surface area contributed by atoms with E-state index in [1.54, 1.807) is 0 Å². The van der Waals surface area contributed by atoms with Crippen LogP contribution < -0.4 is 5.69 Å². The first kappa shape index (κ1) is 13.4. The fraction of sp³-hybridized carbons (Fsp3) is 0.562. The number of benzene rings is 1. The number of hydrogen-bond acceptors (Lipinski definition) is 2. The third kappa shape index (κ3) is 2.29. The van der Waals surface area contributed by atoms with E-state index in [9.17, 15) is 4.79 Å². The van der Waals surface area contributed by atoms with Crippen molar-refractivity contribution in [1.82, 2.24) is 14.5 Å². The van der Waals surface area contributed by atoms with Crippen molar-refractivity contribution in [1.29, 1.82) is 0 Å². The average molecular weight is 273 g/mol. The molecule has 2 aromatic rings. The first-order chi connectivity index (χ1) is 9.56. The van der Waals surface area contributed by atoms with Gasteiger partial charge in [-0.25, -0.2) is 4.79 Å². The van der Waals surface area contributed by atoms with E-state index in [0.717, 1.165) is 37.0 Å². The summed E-state index contributed by atoms with van der Waals surface area (Å²) in [6, 6.07) is 7.12. The fourth-order valence-electron chi connectivity index (χ4n) is 3.27. The lowest BCUT2D eigenvalue weighted by Gasteiger charge is -2.35. The third-order valence-electron chi connectivity index (χ3n) is 4.47. The molecule has 2 heterocycles. The van der Waals surface area contributed by atoms with Gasteiger partial charge in [0.25, 0.3) is 0 Å². The first-order valence-corrected chi connectivity index (χ1v) is 7.51. The maximum Gasteiger partial charge on any atom is 0.326 e. The van der Waals surface area contributed by atoms with Gasteiger partial charge < -0.3 is 9.88 Å². The number of hydrogen-bond donors (Lipinski definition) is 1. The van der Waals surface area contributed by atoms with Gasteiger partial charge in [-0.15, -0.1) is 0 Å². The Hall–Kier alpha value is -1.55. The van der Waals surface area contributed by atoms with E-state index in [1.807, 2.05) is 4.57 Å². The molecule has 0 radical (unpaired) electrons. The summed E-state index contributed by atoms with van der Waals surface area (Å²) < 4.78 is 1.96. The molecule has 0 unspecified atom stereocenters. The lowest BCUT2D eigenvalue weighted by molar-refractivity contribution is 0.152. The Balaban J connectivity index is 1.92. The summed E-state index contributed by atoms with van der Waals surface area (Å²) in [5, 5.41) is 0. The van der Waals surface area contributed by atoms with Crippen LogP contribution in [-0.4, -0.2) is 33.6 Å². The zero-order valence-corrected chi connectivity index (χ0v) is 12.5. The number of aryl methyl sites for hydroxylation is 1. The van der Waals surface area contributed by atoms with Crippen molar-refractivity contribution < 1.29 is 0 Å². The van der Waals surface area contributed by atoms with Crippen LogP contribution in [0.4, 0.5) is 0 Å². The second kappa shape index (κ2) is 5.09. The molecule has 1 aliphatic rings. The molecule has 3 rings (SSSR count). The Bertz CT molecular complexity index is 660. The van der Waals surface area contributed by atoms with Crippen molar-refractivity contribution in [3.63, 3.8) is 0 Å². The molecule has 0 amide bonds. The average Bonchev–Trinajstić information content (AvgIpc) is 2.73. The standard InChI is InChI=1S/C16H23N3O/c1-11(2)18-8-6-13(7-9-18)19-15-5-4-12(3)10-14(15)17-16(19)20/h4-5,10-11,13H,6-9H2,1-3H3,(H,17,20). The van der Waals surface area contributed by atoms with E-state index in [0.29, 0.717) is 12.1 Å². The van der Waals surface area contributed by atoms with Crippen LogP contribution in [0.25, 0.3) is 11.0 Å². The SMILES string of the molecule is Cc1ccc2c(c1)[nH]c(=O)n2C1CCN(C(C)C)CC1. The number of fused-ring (bicyclic) bond motifs is 1. The minimum atomic E-state index is 0.0357. The zero-order valence-electron chi connectivity index (χ0n) is 12.5. The lowest BCUT2D eigenvalue weighted by atomic mass is 10.0. The normalized spacial score (nSPS) is 18.2. The number of nitrogens with one attached hydrogen (secondary N) is 1. The Morgan fingerprint density at radius 3 is 2.60 bits per heavy atom. The molecule has 20 heavy (non-hydrogen) atoms. The Morgan fingerprint density at radius 1 is 1.25 bits per heavy atom. The van der Waals surface area contributed by atoms with Crippen molar-refractivity contribution in [3.8, 4) is 0 Å². The second-order valence-corrected chi connectivity index (χ2v) is 6.18. The van der Waals surface area contributed by atoms with Crippen molar-refractivity contribution in [2.75, 3.05) is 13.1 Å². The number of aromatic nitrogens is 2. The minimum Gasteiger partial charge on any atom is -0.306 e. The van der Waals surface area contributed by atoms with Crippen LogP contribution in [0.15, 0.2) is 23.0 Å². The van der Waals surface area contributed by atoms with Crippen molar-refractivity contribution in [2.45, 2.75) is 45.7 Å². The van der Waals surface area contributed by atoms with Gasteiger partial charge in [0, 0.05) is 25.2 Å². The van der Waals surface area contributed by atoms with Crippen LogP contribution in [0.1, 0.15) is 38.3 Å². The summed E-state index contributed by atoms with van der Waals surface area (Å²) in [5.74, 6) is 0. The van der Waals surface area contributed by atoms with Gasteiger partial charge >= 0.3 is 5.69 Å². The summed E-state index contributed by atoms with van der Waals surface area (Å²) >= 11 is 0. The van der Waals surface area contributed by atoms with Gasteiger partial charge in [-0.05, 0) is 51.3 Å². The van der Waals surface area contributed by atoms with Crippen LogP contribution in [-0.2, 0) is 0 Å². The molecule has 1 saturated heterocycles. The molecular weight excluding hydrogens is 250 g/mol. The number of likely N-dealkylation sites (tertiary alicyclic amines) is 1. The van der Waals surface area contributed by atoms with Crippen LogP contribution in [0.2, 0.25) is 0 Å². The van der Waals surface area contributed by atoms with Crippen molar-refractivity contribution in [2.24, 2.45) is 0 Å². The van der Waals surface area contributed by atoms with Crippen molar-refractivity contribution in [3.05, 3.63) is 34.2 Å². The first-order valence-electron chi connectivity index (χ1n) is 7.51. The van der Waals surface area contributed by atoms with E-state index in [1.165, 1.54) is 5.56 Å². The number of imidazole rings is 1. The molecule has 108 valence electrons. The van der Waals surface area contributed by atoms with Crippen molar-refractivity contribution >= 4 is 11.0 Å². The smallest absolute Gasteiger partial charge is 0.306 e. The number of H-pyrrole nitrogens is 1. The summed E-state index contributed by atoms with van der Waals surface area (Å²) in [7, 11) is 0. The maximum atomic E-state index is 12.3. The molecule has 4 heteroatoms. The van der Waals surface area contributed by atoms with E-state index < -0.39 is 0 Å². The predicted octanol–water partition coefficient (Wildman–Crippen LogP) is 2.68.